The summed E-state index contributed by atoms with van der Waals surface area (Å²) in [6, 6.07) is 0. The van der Waals surface area contributed by atoms with Gasteiger partial charge in [-0.1, -0.05) is 75.2 Å². The molecule has 20 nitrogen and oxygen atoms in total. The standard InChI is InChI=1S/2C11H22N2O2.4C11H21NO2/c1-11(2,3)9-15-10(14)13-7-5-12(4)6-8-13;1-11(2,3)15-10(14)9-13-7-5-12(4)6-8-13;2*1-11(2,3)9-14-10(13)12-7-5-4-6-8-12;2*1-11(2,3)14-10(13)9-12-7-5-4-6-8-12/h2*5-9H2,1-4H3;4*4-9H2,1-3H3. The van der Waals surface area contributed by atoms with Crippen LogP contribution in [0.2, 0.25) is 0 Å². The van der Waals surface area contributed by atoms with Gasteiger partial charge in [-0.3, -0.25) is 29.1 Å². The number of ether oxygens (including phenoxy) is 6. The lowest BCUT2D eigenvalue weighted by Gasteiger charge is -2.32. The Morgan fingerprint density at radius 2 is 0.488 bits per heavy atom. The summed E-state index contributed by atoms with van der Waals surface area (Å²) in [5.41, 5.74) is -0.914. The first-order valence-electron chi connectivity index (χ1n) is 32.6. The molecule has 6 fully saturated rings. The van der Waals surface area contributed by atoms with Gasteiger partial charge in [0.15, 0.2) is 0 Å². The quantitative estimate of drug-likeness (QED) is 0.157. The predicted octanol–water partition coefficient (Wildman–Crippen LogP) is 10.9. The Labute approximate surface area is 523 Å². The first-order valence-corrected chi connectivity index (χ1v) is 32.6. The van der Waals surface area contributed by atoms with E-state index in [0.29, 0.717) is 39.5 Å². The van der Waals surface area contributed by atoms with E-state index in [1.807, 2.05) is 72.1 Å². The topological polar surface area (TPSA) is 184 Å². The Morgan fingerprint density at radius 1 is 0.279 bits per heavy atom. The molecule has 6 rings (SSSR count). The van der Waals surface area contributed by atoms with Gasteiger partial charge in [-0.25, -0.2) is 14.4 Å². The van der Waals surface area contributed by atoms with E-state index in [4.69, 9.17) is 28.4 Å². The number of esters is 3. The second kappa shape index (κ2) is 39.9. The molecule has 0 bridgehead atoms. The van der Waals surface area contributed by atoms with Crippen LogP contribution in [0.4, 0.5) is 14.4 Å². The molecule has 0 N–H and O–H groups in total. The van der Waals surface area contributed by atoms with Crippen molar-refractivity contribution in [1.29, 1.82) is 0 Å². The number of carbonyl (C=O) groups excluding carboxylic acids is 6. The van der Waals surface area contributed by atoms with Gasteiger partial charge in [0.2, 0.25) is 0 Å². The van der Waals surface area contributed by atoms with Crippen LogP contribution in [0, 0.1) is 16.2 Å². The summed E-state index contributed by atoms with van der Waals surface area (Å²) in [6.45, 7) is 53.5. The lowest BCUT2D eigenvalue weighted by atomic mass is 9.99. The summed E-state index contributed by atoms with van der Waals surface area (Å²) >= 11 is 0. The fourth-order valence-corrected chi connectivity index (χ4v) is 9.16. The summed E-state index contributed by atoms with van der Waals surface area (Å²) in [6.07, 6.45) is 13.9. The summed E-state index contributed by atoms with van der Waals surface area (Å²) < 4.78 is 31.5. The van der Waals surface area contributed by atoms with E-state index in [1.54, 1.807) is 4.90 Å². The van der Waals surface area contributed by atoms with Crippen LogP contribution in [0.5, 0.6) is 0 Å². The van der Waals surface area contributed by atoms with E-state index >= 15 is 0 Å². The molecule has 0 aromatic heterocycles. The third-order valence-corrected chi connectivity index (χ3v) is 13.7. The van der Waals surface area contributed by atoms with Crippen molar-refractivity contribution in [3.8, 4) is 0 Å². The van der Waals surface area contributed by atoms with Gasteiger partial charge in [0.25, 0.3) is 0 Å². The van der Waals surface area contributed by atoms with E-state index < -0.39 is 0 Å². The number of nitrogens with zero attached hydrogens (tertiary/aromatic N) is 8. The number of likely N-dealkylation sites (N-methyl/N-ethyl adjacent to an activating group) is 2. The summed E-state index contributed by atoms with van der Waals surface area (Å²) in [5, 5.41) is 0. The molecule has 0 aromatic carbocycles. The number of likely N-dealkylation sites (tertiary alicyclic amines) is 4. The van der Waals surface area contributed by atoms with Crippen LogP contribution in [0.1, 0.15) is 202 Å². The van der Waals surface area contributed by atoms with Crippen molar-refractivity contribution in [3.63, 3.8) is 0 Å². The minimum atomic E-state index is -0.371. The largest absolute Gasteiger partial charge is 0.459 e. The molecule has 0 radical (unpaired) electrons. The molecular weight excluding hydrogens is 1100 g/mol. The molecule has 6 aliphatic heterocycles. The molecule has 0 unspecified atom stereocenters. The Bertz CT molecular complexity index is 1810. The SMILES string of the molecule is CC(C)(C)COC(=O)N1CCCCC1.CC(C)(C)COC(=O)N1CCCCC1.CC(C)(C)OC(=O)CN1CCCCC1.CC(C)(C)OC(=O)CN1CCCCC1.CN1CCN(C(=O)OCC(C)(C)C)CC1.CN1CCN(CC(=O)OC(C)(C)C)CC1. The van der Waals surface area contributed by atoms with Crippen molar-refractivity contribution in [2.45, 2.75) is 218 Å². The maximum atomic E-state index is 11.6. The summed E-state index contributed by atoms with van der Waals surface area (Å²) in [7, 11) is 4.17. The second-order valence-electron chi connectivity index (χ2n) is 30.7. The van der Waals surface area contributed by atoms with Gasteiger partial charge >= 0.3 is 36.2 Å². The fourth-order valence-electron chi connectivity index (χ4n) is 9.16. The monoisotopic (exact) mass is 1220 g/mol. The smallest absolute Gasteiger partial charge is 0.409 e. The van der Waals surface area contributed by atoms with Crippen LogP contribution < -0.4 is 0 Å². The lowest BCUT2D eigenvalue weighted by molar-refractivity contribution is -0.157. The molecule has 0 aromatic rings. The summed E-state index contributed by atoms with van der Waals surface area (Å²) in [4.78, 5) is 85.6. The Morgan fingerprint density at radius 3 is 0.721 bits per heavy atom. The van der Waals surface area contributed by atoms with E-state index in [-0.39, 0.29) is 69.2 Å². The van der Waals surface area contributed by atoms with E-state index in [2.05, 4.69) is 101 Å². The normalized spacial score (nSPS) is 19.0. The van der Waals surface area contributed by atoms with Gasteiger partial charge in [0, 0.05) is 78.5 Å². The fraction of sp³-hybridized carbons (Fsp3) is 0.909. The van der Waals surface area contributed by atoms with Crippen LogP contribution in [0.15, 0.2) is 0 Å². The van der Waals surface area contributed by atoms with Gasteiger partial charge in [0.05, 0.1) is 39.5 Å². The van der Waals surface area contributed by atoms with Crippen LogP contribution in [0.3, 0.4) is 0 Å². The summed E-state index contributed by atoms with van der Waals surface area (Å²) in [5.74, 6) is -0.314. The van der Waals surface area contributed by atoms with Crippen molar-refractivity contribution in [3.05, 3.63) is 0 Å². The molecule has 6 saturated heterocycles. The molecule has 20 heteroatoms. The Balaban J connectivity index is 0.000000516. The minimum absolute atomic E-state index is 0.0439. The van der Waals surface area contributed by atoms with Crippen LogP contribution in [-0.4, -0.2) is 250 Å². The lowest BCUT2D eigenvalue weighted by Crippen LogP contribution is -2.47. The molecule has 6 heterocycles. The molecule has 6 aliphatic rings. The first kappa shape index (κ1) is 80.0. The second-order valence-corrected chi connectivity index (χ2v) is 30.7. The van der Waals surface area contributed by atoms with Crippen molar-refractivity contribution in [2.24, 2.45) is 16.2 Å². The van der Waals surface area contributed by atoms with E-state index in [1.165, 1.54) is 51.4 Å². The van der Waals surface area contributed by atoms with E-state index in [0.717, 1.165) is 130 Å². The van der Waals surface area contributed by atoms with Gasteiger partial charge in [-0.05, 0) is 183 Å². The average molecular weight is 1230 g/mol. The average Bonchev–Trinajstić information content (AvgIpc) is 3.60. The number of rotatable bonds is 9. The first-order chi connectivity index (χ1) is 39.7. The highest BCUT2D eigenvalue weighted by Gasteiger charge is 2.26. The van der Waals surface area contributed by atoms with Crippen molar-refractivity contribution >= 4 is 36.2 Å². The van der Waals surface area contributed by atoms with Crippen molar-refractivity contribution in [2.75, 3.05) is 158 Å². The number of piperidine rings is 4. The third kappa shape index (κ3) is 45.3. The molecule has 86 heavy (non-hydrogen) atoms. The zero-order chi connectivity index (χ0) is 65.4. The molecular formula is C66H128N8O12. The zero-order valence-corrected chi connectivity index (χ0v) is 58.5. The molecule has 0 atom stereocenters. The number of hydrogen-bond donors (Lipinski definition) is 0. The van der Waals surface area contributed by atoms with Crippen LogP contribution in [0.25, 0.3) is 0 Å². The number of piperazine rings is 2. The number of carbonyl (C=O) groups is 6. The van der Waals surface area contributed by atoms with Crippen molar-refractivity contribution < 1.29 is 57.2 Å². The Hall–Kier alpha value is -3.98. The van der Waals surface area contributed by atoms with Crippen LogP contribution >= 0.6 is 0 Å². The highest BCUT2D eigenvalue weighted by molar-refractivity contribution is 5.73. The third-order valence-electron chi connectivity index (χ3n) is 13.7. The van der Waals surface area contributed by atoms with Gasteiger partial charge < -0.3 is 52.9 Å². The van der Waals surface area contributed by atoms with Gasteiger partial charge in [-0.15, -0.1) is 0 Å². The number of amides is 3. The minimum Gasteiger partial charge on any atom is -0.459 e. The highest BCUT2D eigenvalue weighted by Crippen LogP contribution is 2.19. The Kier molecular flexibility index (Phi) is 37.1. The molecule has 0 aliphatic carbocycles. The van der Waals surface area contributed by atoms with Gasteiger partial charge in [0.1, 0.15) is 16.8 Å². The highest BCUT2D eigenvalue weighted by atomic mass is 16.6. The van der Waals surface area contributed by atoms with E-state index in [9.17, 15) is 28.8 Å². The van der Waals surface area contributed by atoms with Crippen LogP contribution in [-0.2, 0) is 42.8 Å². The molecule has 3 amide bonds. The van der Waals surface area contributed by atoms with Crippen molar-refractivity contribution in [1.82, 2.24) is 39.2 Å². The maximum absolute atomic E-state index is 11.6. The molecule has 0 saturated carbocycles. The maximum Gasteiger partial charge on any atom is 0.409 e. The molecule has 0 spiro atoms. The zero-order valence-electron chi connectivity index (χ0n) is 58.5. The molecule has 504 valence electrons. The van der Waals surface area contributed by atoms with Gasteiger partial charge in [-0.2, -0.15) is 0 Å². The predicted molar refractivity (Wildman–Crippen MR) is 344 cm³/mol. The number of hydrogen-bond acceptors (Lipinski definition) is 17.